The van der Waals surface area contributed by atoms with Crippen molar-refractivity contribution < 1.29 is 14.6 Å². The summed E-state index contributed by atoms with van der Waals surface area (Å²) in [7, 11) is 2.16. The van der Waals surface area contributed by atoms with E-state index in [0.717, 1.165) is 53.3 Å². The van der Waals surface area contributed by atoms with Crippen LogP contribution in [0.2, 0.25) is 0 Å². The van der Waals surface area contributed by atoms with Gasteiger partial charge in [-0.1, -0.05) is 0 Å². The molecular formula is C22H34N2O3. The maximum atomic E-state index is 12.8. The summed E-state index contributed by atoms with van der Waals surface area (Å²) >= 11 is 0. The van der Waals surface area contributed by atoms with Crippen LogP contribution >= 0.6 is 0 Å². The standard InChI is InChI=1S/C22H34N2O3/c1-14-15(2)20-18(16(3)19(14)25)9-10-22(4,27-20)21(26)23-11-6-12-24(5)13-17-7-8-17/h17,25H,6-13H2,1-5H3,(H,23,26)/t22-/m0/s1. The Morgan fingerprint density at radius 1 is 1.26 bits per heavy atom. The molecule has 1 amide bonds. The van der Waals surface area contributed by atoms with Gasteiger partial charge in [0.05, 0.1) is 0 Å². The highest BCUT2D eigenvalue weighted by Gasteiger charge is 2.40. The molecule has 1 aliphatic heterocycles. The van der Waals surface area contributed by atoms with Crippen molar-refractivity contribution in [1.29, 1.82) is 0 Å². The summed E-state index contributed by atoms with van der Waals surface area (Å²) in [6.07, 6.45) is 5.05. The van der Waals surface area contributed by atoms with E-state index in [0.29, 0.717) is 18.7 Å². The van der Waals surface area contributed by atoms with Gasteiger partial charge in [-0.25, -0.2) is 0 Å². The van der Waals surface area contributed by atoms with Gasteiger partial charge in [0.15, 0.2) is 5.60 Å². The molecule has 0 spiro atoms. The lowest BCUT2D eigenvalue weighted by Gasteiger charge is -2.36. The number of phenolic OH excluding ortho intramolecular Hbond substituents is 1. The Bertz CT molecular complexity index is 727. The van der Waals surface area contributed by atoms with Crippen molar-refractivity contribution in [3.05, 3.63) is 22.3 Å². The third kappa shape index (κ3) is 4.23. The minimum absolute atomic E-state index is 0.0409. The first-order valence-electron chi connectivity index (χ1n) is 10.2. The first-order chi connectivity index (χ1) is 12.7. The molecule has 1 heterocycles. The second-order valence-electron chi connectivity index (χ2n) is 8.68. The molecule has 150 valence electrons. The summed E-state index contributed by atoms with van der Waals surface area (Å²) in [4.78, 5) is 15.2. The molecule has 0 bridgehead atoms. The van der Waals surface area contributed by atoms with Crippen LogP contribution in [0.4, 0.5) is 0 Å². The Kier molecular flexibility index (Phi) is 5.71. The second-order valence-corrected chi connectivity index (χ2v) is 8.68. The summed E-state index contributed by atoms with van der Waals surface area (Å²) in [5.74, 6) is 1.98. The lowest BCUT2D eigenvalue weighted by molar-refractivity contribution is -0.136. The topological polar surface area (TPSA) is 61.8 Å². The molecule has 1 aromatic carbocycles. The molecule has 0 aromatic heterocycles. The van der Waals surface area contributed by atoms with Gasteiger partial charge in [0, 0.05) is 25.1 Å². The van der Waals surface area contributed by atoms with Crippen molar-refractivity contribution >= 4 is 5.91 Å². The quantitative estimate of drug-likeness (QED) is 0.719. The number of hydrogen-bond acceptors (Lipinski definition) is 4. The van der Waals surface area contributed by atoms with Gasteiger partial charge in [-0.15, -0.1) is 0 Å². The first-order valence-corrected chi connectivity index (χ1v) is 10.2. The van der Waals surface area contributed by atoms with E-state index in [1.165, 1.54) is 19.4 Å². The summed E-state index contributed by atoms with van der Waals surface area (Å²) < 4.78 is 6.23. The Balaban J connectivity index is 1.58. The van der Waals surface area contributed by atoms with Crippen LogP contribution in [0, 0.1) is 26.7 Å². The van der Waals surface area contributed by atoms with Crippen LogP contribution in [-0.4, -0.2) is 48.2 Å². The number of amides is 1. The molecule has 2 aliphatic rings. The molecule has 2 N–H and O–H groups in total. The number of fused-ring (bicyclic) bond motifs is 1. The van der Waals surface area contributed by atoms with Crippen molar-refractivity contribution in [2.24, 2.45) is 5.92 Å². The molecule has 27 heavy (non-hydrogen) atoms. The summed E-state index contributed by atoms with van der Waals surface area (Å²) in [6, 6.07) is 0. The van der Waals surface area contributed by atoms with E-state index in [9.17, 15) is 9.90 Å². The molecule has 1 atom stereocenters. The molecule has 5 nitrogen and oxygen atoms in total. The molecule has 1 fully saturated rings. The Morgan fingerprint density at radius 3 is 2.63 bits per heavy atom. The maximum absolute atomic E-state index is 12.8. The van der Waals surface area contributed by atoms with Gasteiger partial charge in [0.2, 0.25) is 0 Å². The molecule has 0 radical (unpaired) electrons. The van der Waals surface area contributed by atoms with E-state index in [-0.39, 0.29) is 5.91 Å². The zero-order valence-electron chi connectivity index (χ0n) is 17.4. The minimum atomic E-state index is -0.854. The number of nitrogens with zero attached hydrogens (tertiary/aromatic N) is 1. The summed E-state index contributed by atoms with van der Waals surface area (Å²) in [6.45, 7) is 10.5. The normalized spacial score (nSPS) is 21.7. The highest BCUT2D eigenvalue weighted by atomic mass is 16.5. The van der Waals surface area contributed by atoms with Crippen LogP contribution in [0.1, 0.15) is 54.9 Å². The molecule has 5 heteroatoms. The molecule has 1 aromatic rings. The monoisotopic (exact) mass is 374 g/mol. The number of ether oxygens (including phenoxy) is 1. The van der Waals surface area contributed by atoms with E-state index < -0.39 is 5.60 Å². The van der Waals surface area contributed by atoms with E-state index >= 15 is 0 Å². The number of nitrogens with one attached hydrogen (secondary N) is 1. The lowest BCUT2D eigenvalue weighted by Crippen LogP contribution is -2.51. The van der Waals surface area contributed by atoms with E-state index in [1.807, 2.05) is 27.7 Å². The smallest absolute Gasteiger partial charge is 0.263 e. The fraction of sp³-hybridized carbons (Fsp3) is 0.682. The van der Waals surface area contributed by atoms with E-state index in [1.54, 1.807) is 0 Å². The van der Waals surface area contributed by atoms with Crippen molar-refractivity contribution in [3.63, 3.8) is 0 Å². The van der Waals surface area contributed by atoms with Gasteiger partial charge < -0.3 is 20.1 Å². The Labute approximate surface area is 163 Å². The van der Waals surface area contributed by atoms with Gasteiger partial charge in [0.25, 0.3) is 5.91 Å². The van der Waals surface area contributed by atoms with Crippen LogP contribution < -0.4 is 10.1 Å². The average Bonchev–Trinajstić information content (AvgIpc) is 3.45. The number of phenols is 1. The van der Waals surface area contributed by atoms with Gasteiger partial charge in [0.1, 0.15) is 11.5 Å². The van der Waals surface area contributed by atoms with Gasteiger partial charge in [-0.05, 0) is 89.6 Å². The van der Waals surface area contributed by atoms with E-state index in [2.05, 4.69) is 17.3 Å². The average molecular weight is 375 g/mol. The highest BCUT2D eigenvalue weighted by Crippen LogP contribution is 2.43. The highest BCUT2D eigenvalue weighted by molar-refractivity contribution is 5.85. The van der Waals surface area contributed by atoms with Gasteiger partial charge in [-0.3, -0.25) is 4.79 Å². The third-order valence-electron chi connectivity index (χ3n) is 6.27. The zero-order chi connectivity index (χ0) is 19.8. The number of carbonyl (C=O) groups is 1. The van der Waals surface area contributed by atoms with Gasteiger partial charge >= 0.3 is 0 Å². The molecule has 1 aliphatic carbocycles. The van der Waals surface area contributed by atoms with E-state index in [4.69, 9.17) is 4.74 Å². The van der Waals surface area contributed by atoms with Crippen molar-refractivity contribution in [2.75, 3.05) is 26.7 Å². The number of aromatic hydroxyl groups is 1. The first kappa shape index (κ1) is 20.0. The van der Waals surface area contributed by atoms with Crippen molar-refractivity contribution in [2.45, 2.75) is 65.4 Å². The summed E-state index contributed by atoms with van der Waals surface area (Å²) in [5, 5.41) is 13.4. The largest absolute Gasteiger partial charge is 0.507 e. The summed E-state index contributed by atoms with van der Waals surface area (Å²) in [5.41, 5.74) is 2.80. The number of carbonyl (C=O) groups excluding carboxylic acids is 1. The fourth-order valence-corrected chi connectivity index (χ4v) is 3.98. The molecule has 0 saturated heterocycles. The predicted octanol–water partition coefficient (Wildman–Crippen LogP) is 3.25. The van der Waals surface area contributed by atoms with Crippen molar-refractivity contribution in [1.82, 2.24) is 10.2 Å². The van der Waals surface area contributed by atoms with Crippen LogP contribution in [0.25, 0.3) is 0 Å². The molecular weight excluding hydrogens is 340 g/mol. The minimum Gasteiger partial charge on any atom is -0.507 e. The number of benzene rings is 1. The zero-order valence-corrected chi connectivity index (χ0v) is 17.4. The molecule has 0 unspecified atom stereocenters. The third-order valence-corrected chi connectivity index (χ3v) is 6.27. The van der Waals surface area contributed by atoms with Crippen LogP contribution in [0.5, 0.6) is 11.5 Å². The molecule has 1 saturated carbocycles. The Hall–Kier alpha value is -1.75. The SMILES string of the molecule is Cc1c(C)c2c(c(C)c1O)CC[C@@](C)(C(=O)NCCCN(C)CC1CC1)O2. The lowest BCUT2D eigenvalue weighted by atomic mass is 9.86. The van der Waals surface area contributed by atoms with Crippen LogP contribution in [0.3, 0.4) is 0 Å². The number of rotatable bonds is 7. The number of hydrogen-bond donors (Lipinski definition) is 2. The fourth-order valence-electron chi connectivity index (χ4n) is 3.98. The predicted molar refractivity (Wildman–Crippen MR) is 108 cm³/mol. The Morgan fingerprint density at radius 2 is 1.96 bits per heavy atom. The molecule has 3 rings (SSSR count). The van der Waals surface area contributed by atoms with Crippen LogP contribution in [-0.2, 0) is 11.2 Å². The van der Waals surface area contributed by atoms with Gasteiger partial charge in [-0.2, -0.15) is 0 Å². The van der Waals surface area contributed by atoms with Crippen molar-refractivity contribution in [3.8, 4) is 11.5 Å². The maximum Gasteiger partial charge on any atom is 0.263 e. The van der Waals surface area contributed by atoms with Crippen LogP contribution in [0.15, 0.2) is 0 Å². The second kappa shape index (κ2) is 7.70.